The second-order valence-corrected chi connectivity index (χ2v) is 6.62. The molecular weight excluding hydrogens is 288 g/mol. The molecule has 0 fully saturated rings. The Morgan fingerprint density at radius 1 is 1.05 bits per heavy atom. The molecule has 0 saturated carbocycles. The third kappa shape index (κ3) is 3.83. The van der Waals surface area contributed by atoms with E-state index in [1.807, 2.05) is 6.92 Å². The molecule has 21 heavy (non-hydrogen) atoms. The molecule has 2 aromatic rings. The summed E-state index contributed by atoms with van der Waals surface area (Å²) in [6.45, 7) is 2.29. The van der Waals surface area contributed by atoms with Gasteiger partial charge in [0.15, 0.2) is 9.84 Å². The fraction of sp³-hybridized carbons (Fsp3) is 0.250. The second kappa shape index (κ2) is 6.74. The van der Waals surface area contributed by atoms with Gasteiger partial charge in [0.05, 0.1) is 23.4 Å². The summed E-state index contributed by atoms with van der Waals surface area (Å²) >= 11 is 0. The summed E-state index contributed by atoms with van der Waals surface area (Å²) in [5.74, 6) is 0.136. The molecule has 0 bridgehead atoms. The van der Waals surface area contributed by atoms with E-state index in [-0.39, 0.29) is 10.6 Å². The van der Waals surface area contributed by atoms with E-state index < -0.39 is 15.9 Å². The van der Waals surface area contributed by atoms with Gasteiger partial charge >= 0.3 is 0 Å². The van der Waals surface area contributed by atoms with Crippen LogP contribution in [0.25, 0.3) is 0 Å². The average Bonchev–Trinajstić information content (AvgIpc) is 2.48. The molecule has 0 radical (unpaired) electrons. The lowest BCUT2D eigenvalue weighted by Crippen LogP contribution is -2.15. The van der Waals surface area contributed by atoms with Gasteiger partial charge in [-0.25, -0.2) is 8.42 Å². The van der Waals surface area contributed by atoms with Crippen molar-refractivity contribution in [1.29, 1.82) is 0 Å². The van der Waals surface area contributed by atoms with Crippen molar-refractivity contribution in [2.45, 2.75) is 17.9 Å². The second-order valence-electron chi connectivity index (χ2n) is 4.58. The predicted molar refractivity (Wildman–Crippen MR) is 81.1 cm³/mol. The van der Waals surface area contributed by atoms with Crippen molar-refractivity contribution in [1.82, 2.24) is 0 Å². The van der Waals surface area contributed by atoms with E-state index in [2.05, 4.69) is 0 Å². The Kier molecular flexibility index (Phi) is 4.98. The largest absolute Gasteiger partial charge is 0.493 e. The molecule has 112 valence electrons. The normalized spacial score (nSPS) is 12.9. The van der Waals surface area contributed by atoms with Crippen LogP contribution in [-0.4, -0.2) is 25.9 Å². The first kappa shape index (κ1) is 15.5. The van der Waals surface area contributed by atoms with E-state index in [0.29, 0.717) is 17.9 Å². The van der Waals surface area contributed by atoms with Gasteiger partial charge in [-0.15, -0.1) is 0 Å². The average molecular weight is 306 g/mol. The number of hydrogen-bond acceptors (Lipinski definition) is 4. The van der Waals surface area contributed by atoms with Gasteiger partial charge in [0.2, 0.25) is 0 Å². The molecule has 0 saturated heterocycles. The zero-order valence-electron chi connectivity index (χ0n) is 11.8. The van der Waals surface area contributed by atoms with Crippen LogP contribution in [0.2, 0.25) is 0 Å². The molecule has 0 aliphatic heterocycles. The van der Waals surface area contributed by atoms with Crippen LogP contribution in [0.4, 0.5) is 0 Å². The van der Waals surface area contributed by atoms with E-state index in [9.17, 15) is 13.5 Å². The van der Waals surface area contributed by atoms with E-state index in [0.717, 1.165) is 0 Å². The SMILES string of the molecule is CCOc1ccccc1C(O)CS(=O)(=O)c1ccccc1. The van der Waals surface area contributed by atoms with Gasteiger partial charge in [0, 0.05) is 5.56 Å². The molecule has 0 aromatic heterocycles. The lowest BCUT2D eigenvalue weighted by molar-refractivity contribution is 0.194. The van der Waals surface area contributed by atoms with Crippen LogP contribution in [0, 0.1) is 0 Å². The maximum Gasteiger partial charge on any atom is 0.181 e. The minimum absolute atomic E-state index is 0.206. The fourth-order valence-corrected chi connectivity index (χ4v) is 3.42. The minimum atomic E-state index is -3.54. The number of para-hydroxylation sites is 1. The zero-order valence-corrected chi connectivity index (χ0v) is 12.6. The van der Waals surface area contributed by atoms with Crippen LogP contribution < -0.4 is 4.74 Å². The molecule has 2 aromatic carbocycles. The summed E-state index contributed by atoms with van der Waals surface area (Å²) in [6.07, 6.45) is -1.13. The molecular formula is C16H18O4S. The number of aliphatic hydroxyl groups is 1. The van der Waals surface area contributed by atoms with E-state index in [1.54, 1.807) is 42.5 Å². The minimum Gasteiger partial charge on any atom is -0.493 e. The Balaban J connectivity index is 2.24. The Bertz CT molecular complexity index is 680. The first-order valence-electron chi connectivity index (χ1n) is 6.72. The highest BCUT2D eigenvalue weighted by Crippen LogP contribution is 2.27. The zero-order chi connectivity index (χ0) is 15.3. The smallest absolute Gasteiger partial charge is 0.181 e. The van der Waals surface area contributed by atoms with E-state index in [4.69, 9.17) is 4.74 Å². The Hall–Kier alpha value is -1.85. The number of ether oxygens (including phenoxy) is 1. The summed E-state index contributed by atoms with van der Waals surface area (Å²) in [5.41, 5.74) is 0.485. The monoisotopic (exact) mass is 306 g/mol. The van der Waals surface area contributed by atoms with Crippen LogP contribution in [-0.2, 0) is 9.84 Å². The van der Waals surface area contributed by atoms with Crippen molar-refractivity contribution in [2.75, 3.05) is 12.4 Å². The number of rotatable bonds is 6. The molecule has 4 nitrogen and oxygen atoms in total. The molecule has 0 aliphatic carbocycles. The number of sulfone groups is 1. The predicted octanol–water partition coefficient (Wildman–Crippen LogP) is 2.59. The summed E-state index contributed by atoms with van der Waals surface area (Å²) < 4.78 is 30.0. The molecule has 0 spiro atoms. The maximum absolute atomic E-state index is 12.3. The fourth-order valence-electron chi connectivity index (χ4n) is 2.06. The summed E-state index contributed by atoms with van der Waals surface area (Å²) in [4.78, 5) is 0.206. The van der Waals surface area contributed by atoms with Gasteiger partial charge in [-0.1, -0.05) is 36.4 Å². The number of aliphatic hydroxyl groups excluding tert-OH is 1. The van der Waals surface area contributed by atoms with Gasteiger partial charge < -0.3 is 9.84 Å². The van der Waals surface area contributed by atoms with Crippen LogP contribution >= 0.6 is 0 Å². The van der Waals surface area contributed by atoms with Gasteiger partial charge in [-0.05, 0) is 25.1 Å². The van der Waals surface area contributed by atoms with Crippen LogP contribution in [0.5, 0.6) is 5.75 Å². The highest BCUT2D eigenvalue weighted by atomic mass is 32.2. The van der Waals surface area contributed by atoms with E-state index >= 15 is 0 Å². The quantitative estimate of drug-likeness (QED) is 0.891. The maximum atomic E-state index is 12.3. The van der Waals surface area contributed by atoms with Crippen molar-refractivity contribution in [3.8, 4) is 5.75 Å². The van der Waals surface area contributed by atoms with Crippen molar-refractivity contribution in [2.24, 2.45) is 0 Å². The van der Waals surface area contributed by atoms with Gasteiger partial charge in [0.25, 0.3) is 0 Å². The molecule has 0 heterocycles. The molecule has 2 rings (SSSR count). The van der Waals surface area contributed by atoms with E-state index in [1.165, 1.54) is 12.1 Å². The first-order valence-corrected chi connectivity index (χ1v) is 8.37. The molecule has 5 heteroatoms. The van der Waals surface area contributed by atoms with Gasteiger partial charge in [-0.3, -0.25) is 0 Å². The Labute approximate surface area is 124 Å². The molecule has 1 unspecified atom stereocenters. The third-order valence-electron chi connectivity index (χ3n) is 3.06. The molecule has 0 amide bonds. The Morgan fingerprint density at radius 3 is 2.33 bits per heavy atom. The molecule has 1 N–H and O–H groups in total. The summed E-state index contributed by atoms with van der Waals surface area (Å²) in [6, 6.07) is 15.0. The van der Waals surface area contributed by atoms with Gasteiger partial charge in [-0.2, -0.15) is 0 Å². The highest BCUT2D eigenvalue weighted by Gasteiger charge is 2.22. The number of hydrogen-bond donors (Lipinski definition) is 1. The van der Waals surface area contributed by atoms with Crippen LogP contribution in [0.15, 0.2) is 59.5 Å². The topological polar surface area (TPSA) is 63.6 Å². The summed E-state index contributed by atoms with van der Waals surface area (Å²) in [7, 11) is -3.54. The van der Waals surface area contributed by atoms with Crippen LogP contribution in [0.1, 0.15) is 18.6 Å². The third-order valence-corrected chi connectivity index (χ3v) is 4.80. The number of benzene rings is 2. The first-order chi connectivity index (χ1) is 10.0. The molecule has 0 aliphatic rings. The lowest BCUT2D eigenvalue weighted by atomic mass is 10.1. The standard InChI is InChI=1S/C16H18O4S/c1-2-20-16-11-7-6-10-14(16)15(17)12-21(18,19)13-8-4-3-5-9-13/h3-11,15,17H,2,12H2,1H3. The van der Waals surface area contributed by atoms with Crippen molar-refractivity contribution >= 4 is 9.84 Å². The van der Waals surface area contributed by atoms with Crippen LogP contribution in [0.3, 0.4) is 0 Å². The highest BCUT2D eigenvalue weighted by molar-refractivity contribution is 7.91. The Morgan fingerprint density at radius 2 is 1.67 bits per heavy atom. The van der Waals surface area contributed by atoms with Gasteiger partial charge in [0.1, 0.15) is 5.75 Å². The summed E-state index contributed by atoms with van der Waals surface area (Å²) in [5, 5.41) is 10.3. The van der Waals surface area contributed by atoms with Crippen molar-refractivity contribution in [3.05, 3.63) is 60.2 Å². The van der Waals surface area contributed by atoms with Crippen molar-refractivity contribution in [3.63, 3.8) is 0 Å². The van der Waals surface area contributed by atoms with Crippen molar-refractivity contribution < 1.29 is 18.3 Å². The lowest BCUT2D eigenvalue weighted by Gasteiger charge is -2.15. The molecule has 1 atom stereocenters.